The van der Waals surface area contributed by atoms with Crippen LogP contribution in [0.2, 0.25) is 0 Å². The summed E-state index contributed by atoms with van der Waals surface area (Å²) in [6, 6.07) is 0.897. The van der Waals surface area contributed by atoms with Crippen LogP contribution in [-0.2, 0) is 41.4 Å². The van der Waals surface area contributed by atoms with Gasteiger partial charge in [0.25, 0.3) is 21.2 Å². The fourth-order valence-corrected chi connectivity index (χ4v) is 6.84. The normalized spacial score (nSPS) is 37.0. The van der Waals surface area contributed by atoms with Gasteiger partial charge in [0.05, 0.1) is 19.5 Å². The highest BCUT2D eigenvalue weighted by molar-refractivity contribution is 7.46. The zero-order chi connectivity index (χ0) is 30.7. The van der Waals surface area contributed by atoms with Crippen LogP contribution < -0.4 is 39.1 Å². The van der Waals surface area contributed by atoms with Crippen LogP contribution in [-0.4, -0.2) is 86.1 Å². The number of hydrogen-bond acceptors (Lipinski definition) is 17. The molecular weight excluding hydrogens is 655 g/mol. The first-order valence-electron chi connectivity index (χ1n) is 12.4. The Morgan fingerprint density at radius 1 is 1.00 bits per heavy atom. The molecule has 3 aromatic heterocycles. The van der Waals surface area contributed by atoms with E-state index >= 15 is 4.39 Å². The van der Waals surface area contributed by atoms with Gasteiger partial charge in [-0.25, -0.2) is 24.1 Å². The quantitative estimate of drug-likeness (QED) is 0.231. The molecule has 3 aromatic rings. The molecule has 6 rings (SSSR count). The van der Waals surface area contributed by atoms with Gasteiger partial charge in [0.15, 0.2) is 30.1 Å². The minimum atomic E-state index is -5.43. The fourth-order valence-electron chi connectivity index (χ4n) is 4.98. The van der Waals surface area contributed by atoms with E-state index in [1.165, 1.54) is 18.0 Å². The monoisotopic (exact) mass is 685 g/mol. The maximum Gasteiger partial charge on any atom is 0.330 e. The summed E-state index contributed by atoms with van der Waals surface area (Å²) in [5.41, 5.74) is 4.34. The number of imidazole rings is 1. The van der Waals surface area contributed by atoms with Crippen LogP contribution in [0.5, 0.6) is 0 Å². The number of nitrogens with two attached hydrogens (primary N) is 1. The van der Waals surface area contributed by atoms with Crippen molar-refractivity contribution in [2.45, 2.75) is 49.1 Å². The molecule has 10 atom stereocenters. The minimum absolute atomic E-state index is 0. The van der Waals surface area contributed by atoms with Gasteiger partial charge < -0.3 is 60.1 Å². The van der Waals surface area contributed by atoms with E-state index in [-0.39, 0.29) is 29.3 Å². The zero-order valence-corrected chi connectivity index (χ0v) is 25.5. The number of quaternary nitrogens is 2. The highest BCUT2D eigenvalue weighted by Gasteiger charge is 2.52. The molecule has 0 aliphatic carbocycles. The number of fused-ring (bicyclic) bond motifs is 4. The molecule has 2 bridgehead atoms. The van der Waals surface area contributed by atoms with Gasteiger partial charge in [-0.05, 0) is 0 Å². The van der Waals surface area contributed by atoms with Crippen molar-refractivity contribution in [3.63, 3.8) is 0 Å². The number of phosphoric ester groups is 2. The second-order valence-corrected chi connectivity index (χ2v) is 12.2. The molecule has 250 valence electrons. The van der Waals surface area contributed by atoms with Crippen molar-refractivity contribution in [3.8, 4) is 0 Å². The molecule has 0 aromatic carbocycles. The van der Waals surface area contributed by atoms with E-state index in [9.17, 15) is 28.5 Å². The van der Waals surface area contributed by atoms with E-state index in [2.05, 4.69) is 15.0 Å². The van der Waals surface area contributed by atoms with Gasteiger partial charge in [-0.1, -0.05) is 0 Å². The first-order chi connectivity index (χ1) is 20.4. The molecule has 45 heavy (non-hydrogen) atoms. The fraction of sp³-hybridized carbons (Fsp3) is 0.550. The van der Waals surface area contributed by atoms with E-state index in [1.807, 2.05) is 4.98 Å². The number of ether oxygens (including phenoxy) is 3. The Morgan fingerprint density at radius 3 is 2.31 bits per heavy atom. The van der Waals surface area contributed by atoms with Crippen molar-refractivity contribution in [2.24, 2.45) is 0 Å². The third kappa shape index (κ3) is 6.62. The molecule has 3 saturated heterocycles. The van der Waals surface area contributed by atoms with Gasteiger partial charge in [0.1, 0.15) is 42.4 Å². The third-order valence-electron chi connectivity index (χ3n) is 6.90. The Balaban J connectivity index is 0.00000230. The molecule has 22 nitrogen and oxygen atoms in total. The number of H-pyrrole nitrogens is 1. The van der Waals surface area contributed by atoms with Crippen molar-refractivity contribution < 1.29 is 55.6 Å². The average Bonchev–Trinajstić information content (AvgIpc) is 3.60. The predicted molar refractivity (Wildman–Crippen MR) is 143 cm³/mol. The zero-order valence-electron chi connectivity index (χ0n) is 23.7. The molecule has 0 spiro atoms. The Labute approximate surface area is 250 Å². The van der Waals surface area contributed by atoms with E-state index in [0.717, 1.165) is 18.6 Å². The van der Waals surface area contributed by atoms with Gasteiger partial charge in [-0.15, -0.1) is 0 Å². The van der Waals surface area contributed by atoms with Crippen molar-refractivity contribution in [1.82, 2.24) is 41.4 Å². The lowest BCUT2D eigenvalue weighted by Gasteiger charge is -2.32. The van der Waals surface area contributed by atoms with Gasteiger partial charge in [0.2, 0.25) is 0 Å². The summed E-state index contributed by atoms with van der Waals surface area (Å²) in [6.45, 7) is -1.91. The number of phosphoric acid groups is 2. The van der Waals surface area contributed by atoms with Crippen molar-refractivity contribution in [1.29, 1.82) is 0 Å². The van der Waals surface area contributed by atoms with E-state index in [0.29, 0.717) is 4.57 Å². The molecule has 25 heteroatoms. The molecule has 11 N–H and O–H groups in total. The number of halogens is 1. The van der Waals surface area contributed by atoms with Crippen LogP contribution >= 0.6 is 15.6 Å². The molecule has 0 saturated carbocycles. The second kappa shape index (κ2) is 13.0. The summed E-state index contributed by atoms with van der Waals surface area (Å²) in [5, 5.41) is 0. The number of nitrogens with one attached hydrogen (secondary N) is 1. The van der Waals surface area contributed by atoms with Crippen molar-refractivity contribution in [3.05, 3.63) is 45.8 Å². The SMILES string of the molecule is CO[C@@H]1[C@@H]2OP(=O)([O-])OC[C@H]3O[C@@H](n4ccc(=O)[nH]c4=O)[C@H](OP(=O)([O-])OC[C@H]2O[C@H]1n1cnc2c(N)ncnc21)[C@@H]3F.[NH4+].[NH4+]. The largest absolute Gasteiger partial charge is 0.756 e. The van der Waals surface area contributed by atoms with Crippen LogP contribution in [0.4, 0.5) is 10.2 Å². The molecule has 3 aliphatic rings. The lowest BCUT2D eigenvalue weighted by molar-refractivity contribution is -0.240. The predicted octanol–water partition coefficient (Wildman–Crippen LogP) is -1.39. The number of anilines is 1. The molecule has 2 unspecified atom stereocenters. The third-order valence-corrected chi connectivity index (χ3v) is 8.84. The summed E-state index contributed by atoms with van der Waals surface area (Å²) >= 11 is 0. The molecule has 3 aliphatic heterocycles. The lowest BCUT2D eigenvalue weighted by atomic mass is 10.1. The molecule has 0 amide bonds. The smallest absolute Gasteiger partial charge is 0.330 e. The van der Waals surface area contributed by atoms with E-state index in [1.54, 1.807) is 0 Å². The Morgan fingerprint density at radius 2 is 1.64 bits per heavy atom. The Kier molecular flexibility index (Phi) is 10.1. The van der Waals surface area contributed by atoms with Crippen molar-refractivity contribution in [2.75, 3.05) is 26.1 Å². The lowest BCUT2D eigenvalue weighted by Crippen LogP contribution is -2.39. The van der Waals surface area contributed by atoms with Gasteiger partial charge in [-0.2, -0.15) is 0 Å². The van der Waals surface area contributed by atoms with Gasteiger partial charge in [0, 0.05) is 19.4 Å². The molecule has 0 radical (unpaired) electrons. The number of alkyl halides is 1. The summed E-state index contributed by atoms with van der Waals surface area (Å²) in [6.07, 6.45) is -10.1. The number of rotatable bonds is 3. The summed E-state index contributed by atoms with van der Waals surface area (Å²) in [5.74, 6) is 0.0465. The maximum absolute atomic E-state index is 15.4. The van der Waals surface area contributed by atoms with Crippen LogP contribution in [0, 0.1) is 0 Å². The van der Waals surface area contributed by atoms with Crippen LogP contribution in [0.1, 0.15) is 12.5 Å². The highest BCUT2D eigenvalue weighted by Crippen LogP contribution is 2.51. The summed E-state index contributed by atoms with van der Waals surface area (Å²) in [4.78, 5) is 63.7. The van der Waals surface area contributed by atoms with Crippen LogP contribution in [0.15, 0.2) is 34.5 Å². The molecular formula is C20H30FN9O13P2. The first-order valence-corrected chi connectivity index (χ1v) is 15.3. The van der Waals surface area contributed by atoms with Crippen molar-refractivity contribution >= 4 is 32.6 Å². The van der Waals surface area contributed by atoms with E-state index < -0.39 is 89.3 Å². The second-order valence-electron chi connectivity index (χ2n) is 9.50. The average molecular weight is 685 g/mol. The highest BCUT2D eigenvalue weighted by atomic mass is 31.2. The Hall–Kier alpha value is -3.02. The number of aromatic amines is 1. The van der Waals surface area contributed by atoms with Gasteiger partial charge in [-0.3, -0.25) is 28.0 Å². The van der Waals surface area contributed by atoms with Crippen LogP contribution in [0.25, 0.3) is 11.2 Å². The summed E-state index contributed by atoms with van der Waals surface area (Å²) in [7, 11) is -9.53. The number of nitrogens with zero attached hydrogens (tertiary/aromatic N) is 5. The number of aromatic nitrogens is 6. The van der Waals surface area contributed by atoms with E-state index in [4.69, 9.17) is 38.0 Å². The maximum atomic E-state index is 15.4. The minimum Gasteiger partial charge on any atom is -0.756 e. The number of nitrogen functional groups attached to an aromatic ring is 1. The van der Waals surface area contributed by atoms with Gasteiger partial charge >= 0.3 is 5.69 Å². The first kappa shape index (κ1) is 34.8. The topological polar surface area (TPSA) is 342 Å². The van der Waals surface area contributed by atoms with Crippen LogP contribution in [0.3, 0.4) is 0 Å². The summed E-state index contributed by atoms with van der Waals surface area (Å²) < 4.78 is 80.2. The number of methoxy groups -OCH3 is 1. The molecule has 6 heterocycles. The standard InChI is InChI=1S/C20H24FN7O13P2.2H3N/c1-35-15-13-9(39-19(15)28-7-25-12-16(22)23-6-24-17(12)28)5-37-43(33,34)41-14-11(21)8(4-36-42(31,32)40-13)38-18(14)27-3-2-10(29)26-20(27)30;;/h2-3,6-9,11,13-15,18-19H,4-5H2,1H3,(H,31,32)(H,33,34)(H2,22,23,24)(H,26,29,30);2*1H3/t8-,9-,11-,13-,14-,15-,18-,19-;;/m1../s1. The Bertz CT molecular complexity index is 1740. The number of hydrogen-bond donors (Lipinski definition) is 4. The molecule has 3 fully saturated rings.